The molecule has 1 aromatic heterocycles. The Bertz CT molecular complexity index is 849. The molecule has 29 heavy (non-hydrogen) atoms. The number of pyridine rings is 1. The van der Waals surface area contributed by atoms with Crippen LogP contribution in [0.4, 0.5) is 0 Å². The van der Waals surface area contributed by atoms with E-state index in [0.29, 0.717) is 29.7 Å². The molecule has 0 aliphatic carbocycles. The van der Waals surface area contributed by atoms with E-state index in [-0.39, 0.29) is 24.8 Å². The first-order valence-electron chi connectivity index (χ1n) is 8.89. The fraction of sp³-hybridized carbons (Fsp3) is 0.227. The van der Waals surface area contributed by atoms with Crippen molar-refractivity contribution in [1.82, 2.24) is 10.3 Å². The van der Waals surface area contributed by atoms with E-state index in [0.717, 1.165) is 24.1 Å². The van der Waals surface area contributed by atoms with Crippen LogP contribution in [0.15, 0.2) is 67.0 Å². The molecule has 7 heteroatoms. The molecule has 0 amide bonds. The second-order valence-corrected chi connectivity index (χ2v) is 6.58. The second-order valence-electron chi connectivity index (χ2n) is 6.17. The Morgan fingerprint density at radius 2 is 1.72 bits per heavy atom. The summed E-state index contributed by atoms with van der Waals surface area (Å²) >= 11 is 6.44. The summed E-state index contributed by atoms with van der Waals surface area (Å²) in [4.78, 5) is 4.09. The fourth-order valence-corrected chi connectivity index (χ4v) is 3.05. The smallest absolute Gasteiger partial charge is 0.180 e. The summed E-state index contributed by atoms with van der Waals surface area (Å²) in [7, 11) is 1.62. The molecule has 0 saturated heterocycles. The average Bonchev–Trinajstić information content (AvgIpc) is 2.71. The van der Waals surface area contributed by atoms with Crippen LogP contribution in [0.3, 0.4) is 0 Å². The molecule has 1 heterocycles. The Hall–Kier alpha value is -1.98. The summed E-state index contributed by atoms with van der Waals surface area (Å²) in [6, 6.07) is 18.1. The summed E-state index contributed by atoms with van der Waals surface area (Å²) in [6.07, 6.45) is 4.49. The van der Waals surface area contributed by atoms with Crippen LogP contribution in [0.1, 0.15) is 16.7 Å². The molecule has 0 aliphatic rings. The largest absolute Gasteiger partial charge is 0.493 e. The first-order valence-corrected chi connectivity index (χ1v) is 9.27. The van der Waals surface area contributed by atoms with Gasteiger partial charge in [0.15, 0.2) is 11.5 Å². The van der Waals surface area contributed by atoms with Crippen LogP contribution >= 0.6 is 36.4 Å². The third-order valence-electron chi connectivity index (χ3n) is 4.16. The Labute approximate surface area is 189 Å². The van der Waals surface area contributed by atoms with Gasteiger partial charge in [-0.3, -0.25) is 4.98 Å². The molecule has 4 nitrogen and oxygen atoms in total. The minimum absolute atomic E-state index is 0. The highest BCUT2D eigenvalue weighted by molar-refractivity contribution is 6.32. The van der Waals surface area contributed by atoms with Crippen molar-refractivity contribution in [2.45, 2.75) is 19.6 Å². The normalized spacial score (nSPS) is 9.86. The van der Waals surface area contributed by atoms with Crippen molar-refractivity contribution in [3.05, 3.63) is 88.7 Å². The van der Waals surface area contributed by atoms with Crippen molar-refractivity contribution in [2.75, 3.05) is 13.7 Å². The summed E-state index contributed by atoms with van der Waals surface area (Å²) < 4.78 is 11.3. The third-order valence-corrected chi connectivity index (χ3v) is 4.44. The SMILES string of the molecule is COc1cc(CNCCc2ccccc2)cc(Cl)c1OCc1cccnc1.Cl.Cl. The molecule has 0 spiro atoms. The zero-order valence-electron chi connectivity index (χ0n) is 16.1. The maximum atomic E-state index is 6.44. The number of nitrogens with one attached hydrogen (secondary N) is 1. The standard InChI is InChI=1S/C22H23ClN2O2.2ClH/c1-26-21-13-19(15-25-11-9-17-6-3-2-4-7-17)12-20(23)22(21)27-16-18-8-5-10-24-14-18;;/h2-8,10,12-14,25H,9,11,15-16H2,1H3;2*1H. The van der Waals surface area contributed by atoms with Crippen molar-refractivity contribution in [1.29, 1.82) is 0 Å². The number of halogens is 3. The molecule has 0 aliphatic heterocycles. The molecule has 0 radical (unpaired) electrons. The minimum atomic E-state index is 0. The first-order chi connectivity index (χ1) is 13.3. The quantitative estimate of drug-likeness (QED) is 0.433. The highest BCUT2D eigenvalue weighted by Gasteiger charge is 2.12. The van der Waals surface area contributed by atoms with Gasteiger partial charge in [-0.05, 0) is 42.3 Å². The zero-order valence-corrected chi connectivity index (χ0v) is 18.5. The molecule has 0 atom stereocenters. The Morgan fingerprint density at radius 1 is 0.966 bits per heavy atom. The lowest BCUT2D eigenvalue weighted by Gasteiger charge is -2.14. The van der Waals surface area contributed by atoms with E-state index in [4.69, 9.17) is 21.1 Å². The van der Waals surface area contributed by atoms with Gasteiger partial charge in [0.25, 0.3) is 0 Å². The predicted octanol–water partition coefficient (Wildman–Crippen LogP) is 5.50. The van der Waals surface area contributed by atoms with Gasteiger partial charge in [0.05, 0.1) is 12.1 Å². The van der Waals surface area contributed by atoms with Gasteiger partial charge < -0.3 is 14.8 Å². The second kappa shape index (κ2) is 13.3. The van der Waals surface area contributed by atoms with E-state index in [1.54, 1.807) is 19.5 Å². The van der Waals surface area contributed by atoms with Crippen LogP contribution in [-0.4, -0.2) is 18.6 Å². The third kappa shape index (κ3) is 7.75. The van der Waals surface area contributed by atoms with Gasteiger partial charge in [0.1, 0.15) is 6.61 Å². The average molecular weight is 456 g/mol. The lowest BCUT2D eigenvalue weighted by atomic mass is 10.1. The highest BCUT2D eigenvalue weighted by atomic mass is 35.5. The summed E-state index contributed by atoms with van der Waals surface area (Å²) in [5.74, 6) is 1.18. The Kier molecular flexibility index (Phi) is 11.5. The van der Waals surface area contributed by atoms with Crippen LogP contribution in [0.5, 0.6) is 11.5 Å². The Balaban J connectivity index is 0.00000210. The summed E-state index contributed by atoms with van der Waals surface area (Å²) in [5, 5.41) is 3.98. The van der Waals surface area contributed by atoms with Gasteiger partial charge in [-0.25, -0.2) is 0 Å². The van der Waals surface area contributed by atoms with E-state index in [9.17, 15) is 0 Å². The van der Waals surface area contributed by atoms with Crippen LogP contribution in [0.25, 0.3) is 0 Å². The molecule has 3 aromatic rings. The first kappa shape index (κ1) is 25.1. The lowest BCUT2D eigenvalue weighted by Crippen LogP contribution is -2.16. The van der Waals surface area contributed by atoms with Crippen LogP contribution in [0.2, 0.25) is 5.02 Å². The predicted molar refractivity (Wildman–Crippen MR) is 123 cm³/mol. The van der Waals surface area contributed by atoms with Crippen LogP contribution in [-0.2, 0) is 19.6 Å². The molecule has 0 fully saturated rings. The number of hydrogen-bond donors (Lipinski definition) is 1. The van der Waals surface area contributed by atoms with E-state index in [2.05, 4.69) is 34.6 Å². The van der Waals surface area contributed by atoms with E-state index in [1.807, 2.05) is 30.3 Å². The van der Waals surface area contributed by atoms with Crippen molar-refractivity contribution in [3.8, 4) is 11.5 Å². The van der Waals surface area contributed by atoms with Crippen LogP contribution < -0.4 is 14.8 Å². The molecule has 0 unspecified atom stereocenters. The molecule has 1 N–H and O–H groups in total. The van der Waals surface area contributed by atoms with E-state index < -0.39 is 0 Å². The van der Waals surface area contributed by atoms with Gasteiger partial charge in [0.2, 0.25) is 0 Å². The van der Waals surface area contributed by atoms with Crippen molar-refractivity contribution >= 4 is 36.4 Å². The maximum absolute atomic E-state index is 6.44. The van der Waals surface area contributed by atoms with Crippen LogP contribution in [0, 0.1) is 0 Å². The number of aromatic nitrogens is 1. The fourth-order valence-electron chi connectivity index (χ4n) is 2.76. The Morgan fingerprint density at radius 3 is 2.41 bits per heavy atom. The van der Waals surface area contributed by atoms with E-state index >= 15 is 0 Å². The van der Waals surface area contributed by atoms with Gasteiger partial charge in [0, 0.05) is 24.5 Å². The van der Waals surface area contributed by atoms with Gasteiger partial charge in [-0.1, -0.05) is 48.0 Å². The molecule has 3 rings (SSSR count). The van der Waals surface area contributed by atoms with Gasteiger partial charge in [-0.15, -0.1) is 24.8 Å². The number of nitrogens with zero attached hydrogens (tertiary/aromatic N) is 1. The number of benzene rings is 2. The monoisotopic (exact) mass is 454 g/mol. The highest BCUT2D eigenvalue weighted by Crippen LogP contribution is 2.36. The number of hydrogen-bond acceptors (Lipinski definition) is 4. The van der Waals surface area contributed by atoms with Crippen molar-refractivity contribution < 1.29 is 9.47 Å². The van der Waals surface area contributed by atoms with Crippen molar-refractivity contribution in [2.24, 2.45) is 0 Å². The topological polar surface area (TPSA) is 43.4 Å². The van der Waals surface area contributed by atoms with Gasteiger partial charge in [-0.2, -0.15) is 0 Å². The molecule has 0 bridgehead atoms. The molecular formula is C22H25Cl3N2O2. The molecule has 2 aromatic carbocycles. The molecule has 156 valence electrons. The van der Waals surface area contributed by atoms with E-state index in [1.165, 1.54) is 5.56 Å². The summed E-state index contributed by atoms with van der Waals surface area (Å²) in [5.41, 5.74) is 3.35. The molecular weight excluding hydrogens is 431 g/mol. The number of ether oxygens (including phenoxy) is 2. The van der Waals surface area contributed by atoms with Crippen molar-refractivity contribution in [3.63, 3.8) is 0 Å². The maximum Gasteiger partial charge on any atom is 0.180 e. The number of rotatable bonds is 9. The molecule has 0 saturated carbocycles. The zero-order chi connectivity index (χ0) is 18.9. The summed E-state index contributed by atoms with van der Waals surface area (Å²) in [6.45, 7) is 1.99. The number of methoxy groups -OCH3 is 1. The lowest BCUT2D eigenvalue weighted by molar-refractivity contribution is 0.284. The minimum Gasteiger partial charge on any atom is -0.493 e. The van der Waals surface area contributed by atoms with Gasteiger partial charge >= 0.3 is 0 Å².